The van der Waals surface area contributed by atoms with Crippen molar-refractivity contribution in [2.75, 3.05) is 10.6 Å². The molecular weight excluding hydrogens is 278 g/mol. The Morgan fingerprint density at radius 3 is 2.45 bits per heavy atom. The molecule has 0 saturated carbocycles. The molecule has 2 aromatic heterocycles. The van der Waals surface area contributed by atoms with Crippen LogP contribution in [-0.2, 0) is 6.54 Å². The minimum Gasteiger partial charge on any atom is -0.467 e. The van der Waals surface area contributed by atoms with Gasteiger partial charge in [0.15, 0.2) is 0 Å². The molecule has 3 rings (SSSR count). The van der Waals surface area contributed by atoms with Crippen LogP contribution in [-0.4, -0.2) is 9.97 Å². The number of benzene rings is 1. The van der Waals surface area contributed by atoms with E-state index in [2.05, 4.69) is 26.7 Å². The summed E-state index contributed by atoms with van der Waals surface area (Å²) >= 11 is 0. The normalized spacial score (nSPS) is 9.95. The summed E-state index contributed by atoms with van der Waals surface area (Å²) in [5.74, 6) is 1.34. The summed E-state index contributed by atoms with van der Waals surface area (Å²) in [5.41, 5.74) is 2.25. The maximum absolute atomic E-state index is 8.76. The standard InChI is InChI=1S/C16H13N5O/c17-8-12-3-5-13(6-4-12)21-16-19-9-14(10-20-16)18-11-15-2-1-7-22-15/h1-7,9-10,18H,11H2,(H,19,20,21). The number of hydrogen-bond acceptors (Lipinski definition) is 6. The molecule has 0 radical (unpaired) electrons. The number of nitriles is 1. The second kappa shape index (κ2) is 6.41. The fraction of sp³-hybridized carbons (Fsp3) is 0.0625. The van der Waals surface area contributed by atoms with Gasteiger partial charge >= 0.3 is 0 Å². The van der Waals surface area contributed by atoms with E-state index in [4.69, 9.17) is 9.68 Å². The highest BCUT2D eigenvalue weighted by molar-refractivity contribution is 5.55. The topological polar surface area (TPSA) is 86.8 Å². The van der Waals surface area contributed by atoms with Gasteiger partial charge in [-0.15, -0.1) is 0 Å². The van der Waals surface area contributed by atoms with Gasteiger partial charge in [0.2, 0.25) is 5.95 Å². The molecule has 3 aromatic rings. The fourth-order valence-electron chi connectivity index (χ4n) is 1.84. The monoisotopic (exact) mass is 291 g/mol. The molecule has 0 bridgehead atoms. The summed E-state index contributed by atoms with van der Waals surface area (Å²) < 4.78 is 5.24. The van der Waals surface area contributed by atoms with Gasteiger partial charge in [0.25, 0.3) is 0 Å². The molecule has 0 aliphatic carbocycles. The highest BCUT2D eigenvalue weighted by atomic mass is 16.3. The van der Waals surface area contributed by atoms with E-state index in [1.807, 2.05) is 24.3 Å². The Kier molecular flexibility index (Phi) is 3.98. The average Bonchev–Trinajstić information content (AvgIpc) is 3.08. The first-order chi connectivity index (χ1) is 10.8. The Labute approximate surface area is 127 Å². The Bertz CT molecular complexity index is 758. The highest BCUT2D eigenvalue weighted by Gasteiger charge is 2.00. The first kappa shape index (κ1) is 13.6. The maximum Gasteiger partial charge on any atom is 0.227 e. The number of hydrogen-bond donors (Lipinski definition) is 2. The molecule has 2 N–H and O–H groups in total. The van der Waals surface area contributed by atoms with E-state index in [9.17, 15) is 0 Å². The van der Waals surface area contributed by atoms with Gasteiger partial charge in [-0.25, -0.2) is 9.97 Å². The quantitative estimate of drug-likeness (QED) is 0.750. The molecule has 0 spiro atoms. The van der Waals surface area contributed by atoms with Gasteiger partial charge < -0.3 is 15.1 Å². The second-order valence-electron chi connectivity index (χ2n) is 4.54. The molecule has 0 atom stereocenters. The van der Waals surface area contributed by atoms with Crippen LogP contribution in [0.15, 0.2) is 59.5 Å². The third-order valence-corrected chi connectivity index (χ3v) is 2.97. The Hall–Kier alpha value is -3.33. The highest BCUT2D eigenvalue weighted by Crippen LogP contribution is 2.15. The Morgan fingerprint density at radius 1 is 1.05 bits per heavy atom. The lowest BCUT2D eigenvalue weighted by molar-refractivity contribution is 0.518. The third kappa shape index (κ3) is 3.41. The molecule has 108 valence electrons. The number of aromatic nitrogens is 2. The van der Waals surface area contributed by atoms with Gasteiger partial charge in [0.1, 0.15) is 5.76 Å². The van der Waals surface area contributed by atoms with Crippen molar-refractivity contribution in [1.82, 2.24) is 9.97 Å². The molecule has 0 fully saturated rings. The fourth-order valence-corrected chi connectivity index (χ4v) is 1.84. The van der Waals surface area contributed by atoms with E-state index in [0.29, 0.717) is 18.1 Å². The van der Waals surface area contributed by atoms with E-state index in [1.54, 1.807) is 30.8 Å². The van der Waals surface area contributed by atoms with Gasteiger partial charge in [0.05, 0.1) is 42.5 Å². The predicted molar refractivity (Wildman–Crippen MR) is 82.5 cm³/mol. The van der Waals surface area contributed by atoms with Crippen LogP contribution in [0.25, 0.3) is 0 Å². The van der Waals surface area contributed by atoms with Crippen LogP contribution in [0, 0.1) is 11.3 Å². The lowest BCUT2D eigenvalue weighted by atomic mass is 10.2. The van der Waals surface area contributed by atoms with Crippen molar-refractivity contribution in [3.05, 3.63) is 66.4 Å². The summed E-state index contributed by atoms with van der Waals surface area (Å²) in [4.78, 5) is 8.47. The van der Waals surface area contributed by atoms with Crippen LogP contribution in [0.2, 0.25) is 0 Å². The van der Waals surface area contributed by atoms with Gasteiger partial charge in [-0.1, -0.05) is 0 Å². The average molecular weight is 291 g/mol. The largest absolute Gasteiger partial charge is 0.467 e. The van der Waals surface area contributed by atoms with Crippen molar-refractivity contribution in [1.29, 1.82) is 5.26 Å². The predicted octanol–water partition coefficient (Wildman–Crippen LogP) is 3.30. The molecule has 1 aromatic carbocycles. The van der Waals surface area contributed by atoms with Crippen molar-refractivity contribution in [2.45, 2.75) is 6.54 Å². The van der Waals surface area contributed by atoms with E-state index in [1.165, 1.54) is 0 Å². The molecule has 0 saturated heterocycles. The molecular formula is C16H13N5O. The molecule has 6 nitrogen and oxygen atoms in total. The van der Waals surface area contributed by atoms with Crippen molar-refractivity contribution < 1.29 is 4.42 Å². The summed E-state index contributed by atoms with van der Waals surface area (Å²) in [7, 11) is 0. The number of rotatable bonds is 5. The van der Waals surface area contributed by atoms with Crippen LogP contribution < -0.4 is 10.6 Å². The van der Waals surface area contributed by atoms with Gasteiger partial charge in [-0.05, 0) is 36.4 Å². The summed E-state index contributed by atoms with van der Waals surface area (Å²) in [5, 5.41) is 15.0. The van der Waals surface area contributed by atoms with Crippen LogP contribution in [0.1, 0.15) is 11.3 Å². The van der Waals surface area contributed by atoms with E-state index >= 15 is 0 Å². The molecule has 22 heavy (non-hydrogen) atoms. The van der Waals surface area contributed by atoms with Crippen LogP contribution in [0.3, 0.4) is 0 Å². The van der Waals surface area contributed by atoms with Crippen molar-refractivity contribution in [3.8, 4) is 6.07 Å². The SMILES string of the molecule is N#Cc1ccc(Nc2ncc(NCc3ccco3)cn2)cc1. The summed E-state index contributed by atoms with van der Waals surface area (Å²) in [6, 6.07) is 12.9. The van der Waals surface area contributed by atoms with Gasteiger partial charge in [-0.3, -0.25) is 0 Å². The minimum absolute atomic E-state index is 0.494. The molecule has 6 heteroatoms. The lowest BCUT2D eigenvalue weighted by Gasteiger charge is -2.06. The second-order valence-corrected chi connectivity index (χ2v) is 4.54. The smallest absolute Gasteiger partial charge is 0.227 e. The third-order valence-electron chi connectivity index (χ3n) is 2.97. The molecule has 0 aliphatic heterocycles. The zero-order valence-corrected chi connectivity index (χ0v) is 11.7. The molecule has 0 amide bonds. The van der Waals surface area contributed by atoms with Crippen LogP contribution >= 0.6 is 0 Å². The van der Waals surface area contributed by atoms with Crippen LogP contribution in [0.4, 0.5) is 17.3 Å². The summed E-state index contributed by atoms with van der Waals surface area (Å²) in [6.07, 6.45) is 5.03. The van der Waals surface area contributed by atoms with Crippen molar-refractivity contribution in [3.63, 3.8) is 0 Å². The first-order valence-corrected chi connectivity index (χ1v) is 6.69. The van der Waals surface area contributed by atoms with E-state index < -0.39 is 0 Å². The summed E-state index contributed by atoms with van der Waals surface area (Å²) in [6.45, 7) is 0.582. The zero-order valence-electron chi connectivity index (χ0n) is 11.7. The first-order valence-electron chi connectivity index (χ1n) is 6.69. The van der Waals surface area contributed by atoms with Crippen molar-refractivity contribution in [2.24, 2.45) is 0 Å². The zero-order chi connectivity index (χ0) is 15.2. The number of furan rings is 1. The molecule has 0 aliphatic rings. The minimum atomic E-state index is 0.494. The molecule has 2 heterocycles. The molecule has 0 unspecified atom stereocenters. The Morgan fingerprint density at radius 2 is 1.82 bits per heavy atom. The van der Waals surface area contributed by atoms with E-state index in [0.717, 1.165) is 17.1 Å². The Balaban J connectivity index is 1.60. The lowest BCUT2D eigenvalue weighted by Crippen LogP contribution is -2.01. The van der Waals surface area contributed by atoms with E-state index in [-0.39, 0.29) is 0 Å². The van der Waals surface area contributed by atoms with Gasteiger partial charge in [0, 0.05) is 5.69 Å². The van der Waals surface area contributed by atoms with Gasteiger partial charge in [-0.2, -0.15) is 5.26 Å². The number of nitrogens with one attached hydrogen (secondary N) is 2. The van der Waals surface area contributed by atoms with Crippen molar-refractivity contribution >= 4 is 17.3 Å². The van der Waals surface area contributed by atoms with Crippen LogP contribution in [0.5, 0.6) is 0 Å². The number of anilines is 3. The number of nitrogens with zero attached hydrogens (tertiary/aromatic N) is 3. The maximum atomic E-state index is 8.76.